The fraction of sp³-hybridized carbons (Fsp3) is 0.571. The fourth-order valence-electron chi connectivity index (χ4n) is 2.37. The zero-order valence-electron chi connectivity index (χ0n) is 10.1. The summed E-state index contributed by atoms with van der Waals surface area (Å²) in [7, 11) is 0. The van der Waals surface area contributed by atoms with Gasteiger partial charge in [-0.3, -0.25) is 0 Å². The summed E-state index contributed by atoms with van der Waals surface area (Å²) in [5.41, 5.74) is 2.52. The Bertz CT molecular complexity index is 326. The first-order valence-electron chi connectivity index (χ1n) is 5.44. The molecule has 1 atom stereocenters. The van der Waals surface area contributed by atoms with Crippen molar-refractivity contribution in [1.82, 2.24) is 0 Å². The molecule has 15 heavy (non-hydrogen) atoms. The van der Waals surface area contributed by atoms with Gasteiger partial charge in [-0.05, 0) is 20.3 Å². The van der Waals surface area contributed by atoms with Crippen LogP contribution in [0.5, 0.6) is 0 Å². The number of hydrogen-bond acceptors (Lipinski definition) is 1. The van der Waals surface area contributed by atoms with Crippen LogP contribution in [0.4, 0.5) is 0 Å². The summed E-state index contributed by atoms with van der Waals surface area (Å²) in [4.78, 5) is 0. The lowest BCUT2D eigenvalue weighted by Gasteiger charge is -2.36. The van der Waals surface area contributed by atoms with Crippen molar-refractivity contribution in [2.45, 2.75) is 46.6 Å². The highest BCUT2D eigenvalue weighted by Crippen LogP contribution is 2.40. The maximum atomic E-state index is 5.65. The summed E-state index contributed by atoms with van der Waals surface area (Å²) in [5, 5.41) is 0. The second kappa shape index (κ2) is 4.57. The Morgan fingerprint density at radius 1 is 1.53 bits per heavy atom. The van der Waals surface area contributed by atoms with Gasteiger partial charge in [-0.1, -0.05) is 31.4 Å². The van der Waals surface area contributed by atoms with Crippen LogP contribution in [0.25, 0.3) is 0 Å². The lowest BCUT2D eigenvalue weighted by atomic mass is 9.72. The molecule has 0 amide bonds. The first-order valence-corrected chi connectivity index (χ1v) is 5.44. The third-order valence-corrected chi connectivity index (χ3v) is 2.93. The van der Waals surface area contributed by atoms with E-state index >= 15 is 0 Å². The standard InChI is InChI=1S/C14H20O/c1-6-8-15-12-9-11(3)13(7-2)14(4,5)10-12/h2,6,8,12H,9-10H2,1,3-5H3/t12-/m0/s1. The average Bonchev–Trinajstić information content (AvgIpc) is 2.13. The van der Waals surface area contributed by atoms with Crippen molar-refractivity contribution < 1.29 is 4.74 Å². The molecule has 0 aromatic heterocycles. The van der Waals surface area contributed by atoms with Gasteiger partial charge in [0.15, 0.2) is 0 Å². The summed E-state index contributed by atoms with van der Waals surface area (Å²) in [6.45, 7) is 8.46. The molecule has 0 bridgehead atoms. The van der Waals surface area contributed by atoms with E-state index in [9.17, 15) is 0 Å². The van der Waals surface area contributed by atoms with Crippen LogP contribution < -0.4 is 0 Å². The normalized spacial score (nSPS) is 25.4. The third-order valence-electron chi connectivity index (χ3n) is 2.93. The van der Waals surface area contributed by atoms with Gasteiger partial charge in [0.1, 0.15) is 6.10 Å². The molecule has 0 spiro atoms. The first kappa shape index (κ1) is 11.9. The molecule has 1 nitrogen and oxygen atoms in total. The molecule has 0 saturated heterocycles. The highest BCUT2D eigenvalue weighted by molar-refractivity contribution is 5.38. The van der Waals surface area contributed by atoms with Crippen LogP contribution in [0.2, 0.25) is 0 Å². The largest absolute Gasteiger partial charge is 0.498 e. The molecule has 0 N–H and O–H groups in total. The summed E-state index contributed by atoms with van der Waals surface area (Å²) in [6, 6.07) is 0. The molecular weight excluding hydrogens is 184 g/mol. The van der Waals surface area contributed by atoms with Crippen molar-refractivity contribution in [2.24, 2.45) is 5.41 Å². The molecule has 0 aliphatic heterocycles. The molecule has 1 heteroatoms. The predicted molar refractivity (Wildman–Crippen MR) is 64.2 cm³/mol. The molecule has 0 heterocycles. The number of ether oxygens (including phenoxy) is 1. The van der Waals surface area contributed by atoms with E-state index in [1.807, 2.05) is 13.0 Å². The maximum absolute atomic E-state index is 5.65. The number of rotatable bonds is 2. The van der Waals surface area contributed by atoms with Crippen LogP contribution in [0, 0.1) is 17.8 Å². The monoisotopic (exact) mass is 204 g/mol. The second-order valence-electron chi connectivity index (χ2n) is 4.82. The van der Waals surface area contributed by atoms with Crippen LogP contribution in [-0.2, 0) is 4.74 Å². The Balaban J connectivity index is 2.85. The van der Waals surface area contributed by atoms with Crippen LogP contribution >= 0.6 is 0 Å². The minimum absolute atomic E-state index is 0.0727. The van der Waals surface area contributed by atoms with Gasteiger partial charge in [-0.25, -0.2) is 0 Å². The van der Waals surface area contributed by atoms with Gasteiger partial charge in [0, 0.05) is 17.4 Å². The smallest absolute Gasteiger partial charge is 0.102 e. The van der Waals surface area contributed by atoms with Crippen LogP contribution in [0.1, 0.15) is 40.5 Å². The number of terminal acetylenes is 1. The molecule has 0 fully saturated rings. The highest BCUT2D eigenvalue weighted by atomic mass is 16.5. The summed E-state index contributed by atoms with van der Waals surface area (Å²) in [6.07, 6.45) is 11.5. The fourth-order valence-corrected chi connectivity index (χ4v) is 2.37. The van der Waals surface area contributed by atoms with Gasteiger partial charge < -0.3 is 4.74 Å². The molecular formula is C14H20O. The Morgan fingerprint density at radius 2 is 2.20 bits per heavy atom. The van der Waals surface area contributed by atoms with Crippen LogP contribution in [0.3, 0.4) is 0 Å². The summed E-state index contributed by atoms with van der Waals surface area (Å²) < 4.78 is 5.65. The SMILES string of the molecule is C#CC1=C(C)C[C@H](OC=CC)CC1(C)C. The Hall–Kier alpha value is -1.16. The maximum Gasteiger partial charge on any atom is 0.102 e. The summed E-state index contributed by atoms with van der Waals surface area (Å²) in [5.74, 6) is 2.83. The molecule has 82 valence electrons. The quantitative estimate of drug-likeness (QED) is 0.492. The van der Waals surface area contributed by atoms with Crippen LogP contribution in [-0.4, -0.2) is 6.10 Å². The molecule has 1 aliphatic carbocycles. The van der Waals surface area contributed by atoms with Gasteiger partial charge in [0.25, 0.3) is 0 Å². The first-order chi connectivity index (χ1) is 7.01. The summed E-state index contributed by atoms with van der Waals surface area (Å²) >= 11 is 0. The van der Waals surface area contributed by atoms with Gasteiger partial charge in [-0.15, -0.1) is 6.42 Å². The van der Waals surface area contributed by atoms with E-state index in [1.165, 1.54) is 5.57 Å². The lowest BCUT2D eigenvalue weighted by Crippen LogP contribution is -2.29. The minimum atomic E-state index is 0.0727. The molecule has 0 aromatic rings. The molecule has 0 unspecified atom stereocenters. The molecule has 0 aromatic carbocycles. The predicted octanol–water partition coefficient (Wildman–Crippen LogP) is 3.67. The highest BCUT2D eigenvalue weighted by Gasteiger charge is 2.33. The van der Waals surface area contributed by atoms with Crippen molar-refractivity contribution in [1.29, 1.82) is 0 Å². The van der Waals surface area contributed by atoms with Gasteiger partial charge in [0.05, 0.1) is 6.26 Å². The van der Waals surface area contributed by atoms with Gasteiger partial charge in [-0.2, -0.15) is 0 Å². The third kappa shape index (κ3) is 2.65. The Labute approximate surface area is 93.2 Å². The van der Waals surface area contributed by atoms with E-state index in [2.05, 4.69) is 26.7 Å². The van der Waals surface area contributed by atoms with E-state index < -0.39 is 0 Å². The van der Waals surface area contributed by atoms with Gasteiger partial charge >= 0.3 is 0 Å². The zero-order valence-corrected chi connectivity index (χ0v) is 10.1. The topological polar surface area (TPSA) is 9.23 Å². The molecule has 0 radical (unpaired) electrons. The van der Waals surface area contributed by atoms with E-state index in [0.29, 0.717) is 0 Å². The zero-order chi connectivity index (χ0) is 11.5. The Kier molecular flexibility index (Phi) is 3.63. The Morgan fingerprint density at radius 3 is 2.67 bits per heavy atom. The molecule has 1 aliphatic rings. The van der Waals surface area contributed by atoms with E-state index in [1.54, 1.807) is 6.26 Å². The van der Waals surface area contributed by atoms with Crippen LogP contribution in [0.15, 0.2) is 23.5 Å². The van der Waals surface area contributed by atoms with Crippen molar-refractivity contribution in [2.75, 3.05) is 0 Å². The van der Waals surface area contributed by atoms with Gasteiger partial charge in [0.2, 0.25) is 0 Å². The lowest BCUT2D eigenvalue weighted by molar-refractivity contribution is 0.0953. The molecule has 1 rings (SSSR count). The average molecular weight is 204 g/mol. The van der Waals surface area contributed by atoms with Crippen molar-refractivity contribution in [3.63, 3.8) is 0 Å². The second-order valence-corrected chi connectivity index (χ2v) is 4.82. The molecule has 0 saturated carbocycles. The van der Waals surface area contributed by atoms with E-state index in [0.717, 1.165) is 18.4 Å². The van der Waals surface area contributed by atoms with Crippen molar-refractivity contribution >= 4 is 0 Å². The van der Waals surface area contributed by atoms with Crippen molar-refractivity contribution in [3.8, 4) is 12.3 Å². The van der Waals surface area contributed by atoms with E-state index in [-0.39, 0.29) is 11.5 Å². The minimum Gasteiger partial charge on any atom is -0.498 e. The number of hydrogen-bond donors (Lipinski definition) is 0. The van der Waals surface area contributed by atoms with E-state index in [4.69, 9.17) is 11.2 Å². The number of allylic oxidation sites excluding steroid dienone is 2. The van der Waals surface area contributed by atoms with Crippen molar-refractivity contribution in [3.05, 3.63) is 23.5 Å².